The smallest absolute Gasteiger partial charge is 0.303 e. The van der Waals surface area contributed by atoms with Gasteiger partial charge in [0.1, 0.15) is 11.4 Å². The maximum Gasteiger partial charge on any atom is 0.303 e. The van der Waals surface area contributed by atoms with E-state index >= 15 is 0 Å². The summed E-state index contributed by atoms with van der Waals surface area (Å²) in [6, 6.07) is 3.07. The van der Waals surface area contributed by atoms with Gasteiger partial charge in [0.2, 0.25) is 0 Å². The highest BCUT2D eigenvalue weighted by Crippen LogP contribution is 2.34. The van der Waals surface area contributed by atoms with Gasteiger partial charge in [0, 0.05) is 33.4 Å². The number of pyridine rings is 1. The van der Waals surface area contributed by atoms with Crippen LogP contribution in [0.4, 0.5) is 0 Å². The minimum Gasteiger partial charge on any atom is -0.474 e. The van der Waals surface area contributed by atoms with Gasteiger partial charge in [0.15, 0.2) is 29.5 Å². The second-order valence-corrected chi connectivity index (χ2v) is 7.18. The van der Waals surface area contributed by atoms with Gasteiger partial charge in [0.05, 0.1) is 6.20 Å². The Morgan fingerprint density at radius 1 is 0.929 bits per heavy atom. The Morgan fingerprint density at radius 2 is 1.54 bits per heavy atom. The Balaban J connectivity index is 2.25. The van der Waals surface area contributed by atoms with E-state index in [1.165, 1.54) is 51.7 Å². The van der Waals surface area contributed by atoms with Crippen LogP contribution >= 0.6 is 11.8 Å². The van der Waals surface area contributed by atoms with Crippen molar-refractivity contribution in [2.45, 2.75) is 51.4 Å². The van der Waals surface area contributed by atoms with Crippen LogP contribution < -0.4 is 4.74 Å². The molecule has 1 saturated heterocycles. The molecule has 0 bridgehead atoms. The average molecular weight is 411 g/mol. The molecule has 10 heteroatoms. The molecule has 0 aromatic carbocycles. The molecule has 0 saturated carbocycles. The number of nitrogens with zero attached hydrogens (tertiary/aromatic N) is 1. The molecule has 0 aliphatic carbocycles. The number of rotatable bonds is 6. The van der Waals surface area contributed by atoms with Gasteiger partial charge in [-0.2, -0.15) is 0 Å². The van der Waals surface area contributed by atoms with E-state index < -0.39 is 41.7 Å². The number of hydrogen-bond acceptors (Lipinski definition) is 10. The molecule has 0 spiro atoms. The fourth-order valence-corrected chi connectivity index (χ4v) is 3.82. The number of hydrogen-bond donors (Lipinski definition) is 0. The second-order valence-electron chi connectivity index (χ2n) is 6.05. The Hall–Kier alpha value is -2.62. The molecule has 0 amide bonds. The molecule has 28 heavy (non-hydrogen) atoms. The summed E-state index contributed by atoms with van der Waals surface area (Å²) in [5.74, 6) is -1.35. The zero-order valence-corrected chi connectivity index (χ0v) is 16.7. The monoisotopic (exact) mass is 411 g/mol. The molecule has 2 rings (SSSR count). The Morgan fingerprint density at radius 3 is 2.04 bits per heavy atom. The van der Waals surface area contributed by atoms with Crippen molar-refractivity contribution in [2.75, 3.05) is 5.75 Å². The molecule has 9 nitrogen and oxygen atoms in total. The average Bonchev–Trinajstić information content (AvgIpc) is 2.59. The van der Waals surface area contributed by atoms with Crippen molar-refractivity contribution in [2.24, 2.45) is 0 Å². The number of thioether (sulfide) groups is 1. The molecule has 2 heterocycles. The molecule has 4 atom stereocenters. The van der Waals surface area contributed by atoms with Gasteiger partial charge in [-0.15, -0.1) is 11.8 Å². The standard InChI is InChI=1S/C18H21NO8S/c1-9(20)14-6-5-13(7-19-14)27-18-17(26-12(4)23)16(25-11(3)22)15(8-28-18)24-10(2)21/h5-7,15-18H,8H2,1-4H3/t15-,16+,17-,18+/m1/s1. The SMILES string of the molecule is CC(=O)O[C@@H]1[C@@H](OC(C)=O)[C@@H](Oc2ccc(C(C)=O)nc2)SC[C@H]1OC(C)=O. The lowest BCUT2D eigenvalue weighted by Gasteiger charge is -2.39. The lowest BCUT2D eigenvalue weighted by atomic mass is 10.1. The summed E-state index contributed by atoms with van der Waals surface area (Å²) in [7, 11) is 0. The summed E-state index contributed by atoms with van der Waals surface area (Å²) in [4.78, 5) is 49.9. The highest BCUT2D eigenvalue weighted by atomic mass is 32.2. The van der Waals surface area contributed by atoms with Crippen molar-refractivity contribution in [1.82, 2.24) is 4.98 Å². The third kappa shape index (κ3) is 5.95. The van der Waals surface area contributed by atoms with E-state index in [9.17, 15) is 19.2 Å². The summed E-state index contributed by atoms with van der Waals surface area (Å²) >= 11 is 1.24. The third-order valence-electron chi connectivity index (χ3n) is 3.65. The van der Waals surface area contributed by atoms with E-state index in [0.29, 0.717) is 5.75 Å². The van der Waals surface area contributed by atoms with Gasteiger partial charge in [-0.1, -0.05) is 0 Å². The van der Waals surface area contributed by atoms with E-state index in [0.717, 1.165) is 0 Å². The van der Waals surface area contributed by atoms with Crippen LogP contribution in [0.2, 0.25) is 0 Å². The van der Waals surface area contributed by atoms with E-state index in [1.54, 1.807) is 6.07 Å². The maximum atomic E-state index is 11.6. The van der Waals surface area contributed by atoms with E-state index in [4.69, 9.17) is 18.9 Å². The quantitative estimate of drug-likeness (QED) is 0.387. The topological polar surface area (TPSA) is 118 Å². The first-order valence-electron chi connectivity index (χ1n) is 8.44. The molecule has 1 aromatic heterocycles. The van der Waals surface area contributed by atoms with Crippen LogP contribution in [-0.4, -0.2) is 58.2 Å². The van der Waals surface area contributed by atoms with E-state index in [-0.39, 0.29) is 17.2 Å². The van der Waals surface area contributed by atoms with Crippen LogP contribution in [0.3, 0.4) is 0 Å². The van der Waals surface area contributed by atoms with Crippen LogP contribution in [0, 0.1) is 0 Å². The summed E-state index contributed by atoms with van der Waals surface area (Å²) in [5.41, 5.74) is -0.460. The van der Waals surface area contributed by atoms with Crippen molar-refractivity contribution in [3.05, 3.63) is 24.0 Å². The van der Waals surface area contributed by atoms with E-state index in [1.807, 2.05) is 0 Å². The van der Waals surface area contributed by atoms with Gasteiger partial charge in [-0.05, 0) is 12.1 Å². The van der Waals surface area contributed by atoms with Gasteiger partial charge in [-0.3, -0.25) is 19.2 Å². The number of Topliss-reactive ketones (excluding diaryl/α,β-unsaturated/α-hetero) is 1. The van der Waals surface area contributed by atoms with Crippen molar-refractivity contribution < 1.29 is 38.1 Å². The first-order chi connectivity index (χ1) is 13.2. The predicted molar refractivity (Wildman–Crippen MR) is 97.8 cm³/mol. The summed E-state index contributed by atoms with van der Waals surface area (Å²) in [6.07, 6.45) is -1.46. The number of ether oxygens (including phenoxy) is 4. The fraction of sp³-hybridized carbons (Fsp3) is 0.500. The van der Waals surface area contributed by atoms with Crippen LogP contribution in [0.15, 0.2) is 18.3 Å². The summed E-state index contributed by atoms with van der Waals surface area (Å²) < 4.78 is 21.7. The molecule has 0 radical (unpaired) electrons. The van der Waals surface area contributed by atoms with Crippen molar-refractivity contribution >= 4 is 35.5 Å². The molecule has 1 aromatic rings. The highest BCUT2D eigenvalue weighted by Gasteiger charge is 2.47. The van der Waals surface area contributed by atoms with Crippen molar-refractivity contribution in [1.29, 1.82) is 0 Å². The molecule has 0 unspecified atom stereocenters. The molecule has 152 valence electrons. The maximum absolute atomic E-state index is 11.6. The first-order valence-corrected chi connectivity index (χ1v) is 9.49. The lowest BCUT2D eigenvalue weighted by molar-refractivity contribution is -0.186. The lowest BCUT2D eigenvalue weighted by Crippen LogP contribution is -2.55. The largest absolute Gasteiger partial charge is 0.474 e. The molecule has 1 aliphatic heterocycles. The first kappa shape index (κ1) is 21.7. The molecule has 0 N–H and O–H groups in total. The Kier molecular flexibility index (Phi) is 7.38. The fourth-order valence-electron chi connectivity index (χ4n) is 2.60. The van der Waals surface area contributed by atoms with Gasteiger partial charge in [0.25, 0.3) is 0 Å². The molecule has 1 fully saturated rings. The normalized spacial score (nSPS) is 24.0. The minimum absolute atomic E-state index is 0.185. The number of carbonyl (C=O) groups is 4. The zero-order valence-electron chi connectivity index (χ0n) is 15.9. The van der Waals surface area contributed by atoms with Crippen molar-refractivity contribution in [3.8, 4) is 5.75 Å². The highest BCUT2D eigenvalue weighted by molar-refractivity contribution is 7.99. The van der Waals surface area contributed by atoms with Crippen LogP contribution in [0.1, 0.15) is 38.2 Å². The summed E-state index contributed by atoms with van der Waals surface area (Å²) in [5, 5.41) is 0. The third-order valence-corrected chi connectivity index (χ3v) is 4.87. The Bertz CT molecular complexity index is 750. The van der Waals surface area contributed by atoms with Gasteiger partial charge in [-0.25, -0.2) is 4.98 Å². The molecular weight excluding hydrogens is 390 g/mol. The van der Waals surface area contributed by atoms with Gasteiger partial charge >= 0.3 is 17.9 Å². The number of ketones is 1. The summed E-state index contributed by atoms with van der Waals surface area (Å²) in [6.45, 7) is 5.06. The Labute approximate surface area is 166 Å². The number of esters is 3. The van der Waals surface area contributed by atoms with Crippen LogP contribution in [0.5, 0.6) is 5.75 Å². The van der Waals surface area contributed by atoms with Crippen molar-refractivity contribution in [3.63, 3.8) is 0 Å². The van der Waals surface area contributed by atoms with E-state index in [2.05, 4.69) is 4.98 Å². The number of carbonyl (C=O) groups excluding carboxylic acids is 4. The van der Waals surface area contributed by atoms with Gasteiger partial charge < -0.3 is 18.9 Å². The van der Waals surface area contributed by atoms with Crippen LogP contribution in [-0.2, 0) is 28.6 Å². The molecule has 1 aliphatic rings. The number of aromatic nitrogens is 1. The predicted octanol–water partition coefficient (Wildman–Crippen LogP) is 1.53. The van der Waals surface area contributed by atoms with Crippen LogP contribution in [0.25, 0.3) is 0 Å². The second kappa shape index (κ2) is 9.54. The molecular formula is C18H21NO8S. The minimum atomic E-state index is -1.03. The zero-order chi connectivity index (χ0) is 20.8.